The molecule has 0 amide bonds. The molecule has 5 aliphatic rings. The Morgan fingerprint density at radius 3 is 1.55 bits per heavy atom. The van der Waals surface area contributed by atoms with E-state index in [1.54, 1.807) is 0 Å². The Morgan fingerprint density at radius 1 is 0.415 bits per heavy atom. The Bertz CT molecular complexity index is 2570. The highest BCUT2D eigenvalue weighted by molar-refractivity contribution is 5.87. The van der Waals surface area contributed by atoms with Crippen molar-refractivity contribution >= 4 is 22.7 Å². The molecule has 11 rings (SSSR count). The van der Waals surface area contributed by atoms with E-state index in [1.807, 2.05) is 0 Å². The Hall–Kier alpha value is -6.12. The second-order valence-corrected chi connectivity index (χ2v) is 15.7. The van der Waals surface area contributed by atoms with Crippen LogP contribution in [0.1, 0.15) is 47.9 Å². The minimum atomic E-state index is 0.00530. The third-order valence-corrected chi connectivity index (χ3v) is 12.5. The van der Waals surface area contributed by atoms with Crippen LogP contribution in [0.15, 0.2) is 182 Å². The molecule has 3 aliphatic carbocycles. The molecule has 4 unspecified atom stereocenters. The van der Waals surface area contributed by atoms with Crippen molar-refractivity contribution in [3.05, 3.63) is 204 Å². The van der Waals surface area contributed by atoms with E-state index < -0.39 is 0 Å². The van der Waals surface area contributed by atoms with Gasteiger partial charge >= 0.3 is 0 Å². The normalized spacial score (nSPS) is 21.9. The molecule has 0 saturated carbocycles. The number of rotatable bonds is 4. The average Bonchev–Trinajstić information content (AvgIpc) is 3.81. The first-order valence-electron chi connectivity index (χ1n) is 19.0. The molecular formula is C51H40N2. The standard InChI is InChI=1S/C51H40N2/c1-51(2)45-17-9-6-14-39(45)42-32-38(26-27-46(42)51)53-48-19-11-8-16-41(48)44-31-36(25-29-50(44)53)34-22-20-33(21-23-34)35-24-28-49-43(30-35)40-15-7-10-18-47(40)52(49)37-12-4-3-5-13-37/h3-32,40-41,47-48H,1-2H3. The molecule has 0 aromatic heterocycles. The second kappa shape index (κ2) is 11.4. The van der Waals surface area contributed by atoms with E-state index in [0.29, 0.717) is 17.9 Å². The highest BCUT2D eigenvalue weighted by atomic mass is 15.2. The summed E-state index contributed by atoms with van der Waals surface area (Å²) in [5, 5.41) is 0. The topological polar surface area (TPSA) is 6.48 Å². The van der Waals surface area contributed by atoms with Crippen LogP contribution in [-0.4, -0.2) is 12.1 Å². The van der Waals surface area contributed by atoms with Crippen molar-refractivity contribution in [1.29, 1.82) is 0 Å². The number of benzene rings is 6. The largest absolute Gasteiger partial charge is 0.333 e. The fourth-order valence-electron chi connectivity index (χ4n) is 9.95. The molecule has 2 heterocycles. The Morgan fingerprint density at radius 2 is 0.925 bits per heavy atom. The van der Waals surface area contributed by atoms with E-state index >= 15 is 0 Å². The van der Waals surface area contributed by atoms with Crippen molar-refractivity contribution in [1.82, 2.24) is 0 Å². The van der Waals surface area contributed by atoms with Crippen molar-refractivity contribution < 1.29 is 0 Å². The number of allylic oxidation sites excluding steroid dienone is 4. The van der Waals surface area contributed by atoms with Gasteiger partial charge in [-0.15, -0.1) is 0 Å². The summed E-state index contributed by atoms with van der Waals surface area (Å²) in [5.74, 6) is 0.646. The van der Waals surface area contributed by atoms with Crippen molar-refractivity contribution in [2.24, 2.45) is 0 Å². The van der Waals surface area contributed by atoms with Gasteiger partial charge in [-0.25, -0.2) is 0 Å². The second-order valence-electron chi connectivity index (χ2n) is 15.7. The number of para-hydroxylation sites is 1. The SMILES string of the molecule is CC1(C)c2ccccc2-c2cc(N3c4ccc(-c5ccc(-c6ccc7c(c6)C6C=CC=CC6N7c6ccccc6)cc5)cc4C4C=CC=CC43)ccc21. The molecular weight excluding hydrogens is 641 g/mol. The van der Waals surface area contributed by atoms with E-state index in [9.17, 15) is 0 Å². The molecule has 0 saturated heterocycles. The lowest BCUT2D eigenvalue weighted by Crippen LogP contribution is -2.28. The number of hydrogen-bond donors (Lipinski definition) is 0. The van der Waals surface area contributed by atoms with Gasteiger partial charge in [0, 0.05) is 40.0 Å². The molecule has 2 aliphatic heterocycles. The third kappa shape index (κ3) is 4.51. The monoisotopic (exact) mass is 680 g/mol. The lowest BCUT2D eigenvalue weighted by atomic mass is 9.82. The van der Waals surface area contributed by atoms with Gasteiger partial charge in [0.2, 0.25) is 0 Å². The first-order chi connectivity index (χ1) is 26.0. The number of hydrogen-bond acceptors (Lipinski definition) is 2. The summed E-state index contributed by atoms with van der Waals surface area (Å²) < 4.78 is 0. The van der Waals surface area contributed by atoms with Gasteiger partial charge < -0.3 is 9.80 Å². The van der Waals surface area contributed by atoms with Gasteiger partial charge in [0.05, 0.1) is 12.1 Å². The summed E-state index contributed by atoms with van der Waals surface area (Å²) in [6.45, 7) is 4.71. The van der Waals surface area contributed by atoms with Gasteiger partial charge in [-0.05, 0) is 104 Å². The van der Waals surface area contributed by atoms with Crippen LogP contribution in [0.3, 0.4) is 0 Å². The maximum Gasteiger partial charge on any atom is 0.0629 e. The van der Waals surface area contributed by atoms with Crippen molar-refractivity contribution in [2.75, 3.05) is 9.80 Å². The number of anilines is 4. The molecule has 6 aromatic rings. The van der Waals surface area contributed by atoms with Crippen LogP contribution in [0, 0.1) is 0 Å². The molecule has 6 aromatic carbocycles. The van der Waals surface area contributed by atoms with Gasteiger partial charge in [0.25, 0.3) is 0 Å². The van der Waals surface area contributed by atoms with Crippen LogP contribution >= 0.6 is 0 Å². The highest BCUT2D eigenvalue weighted by Gasteiger charge is 2.40. The maximum absolute atomic E-state index is 2.57. The first kappa shape index (κ1) is 30.5. The van der Waals surface area contributed by atoms with Crippen LogP contribution in [-0.2, 0) is 5.41 Å². The van der Waals surface area contributed by atoms with Crippen LogP contribution in [0.4, 0.5) is 22.7 Å². The predicted octanol–water partition coefficient (Wildman–Crippen LogP) is 12.8. The lowest BCUT2D eigenvalue weighted by molar-refractivity contribution is 0.660. The summed E-state index contributed by atoms with van der Waals surface area (Å²) in [6.07, 6.45) is 18.3. The van der Waals surface area contributed by atoms with Gasteiger partial charge in [-0.1, -0.05) is 147 Å². The zero-order chi connectivity index (χ0) is 35.3. The summed E-state index contributed by atoms with van der Waals surface area (Å²) in [5.41, 5.74) is 18.5. The van der Waals surface area contributed by atoms with Crippen molar-refractivity contribution in [2.45, 2.75) is 43.2 Å². The summed E-state index contributed by atoms with van der Waals surface area (Å²) >= 11 is 0. The van der Waals surface area contributed by atoms with E-state index in [1.165, 1.54) is 78.4 Å². The molecule has 2 nitrogen and oxygen atoms in total. The molecule has 0 radical (unpaired) electrons. The molecule has 0 N–H and O–H groups in total. The molecule has 0 bridgehead atoms. The van der Waals surface area contributed by atoms with E-state index in [4.69, 9.17) is 0 Å². The zero-order valence-electron chi connectivity index (χ0n) is 30.0. The minimum absolute atomic E-state index is 0.00530. The lowest BCUT2D eigenvalue weighted by Gasteiger charge is -2.29. The Balaban J connectivity index is 0.923. The van der Waals surface area contributed by atoms with Crippen LogP contribution in [0.5, 0.6) is 0 Å². The average molecular weight is 681 g/mol. The maximum atomic E-state index is 2.57. The highest BCUT2D eigenvalue weighted by Crippen LogP contribution is 2.54. The fourth-order valence-corrected chi connectivity index (χ4v) is 9.95. The Labute approximate surface area is 312 Å². The van der Waals surface area contributed by atoms with Crippen molar-refractivity contribution in [3.63, 3.8) is 0 Å². The van der Waals surface area contributed by atoms with Crippen LogP contribution in [0.25, 0.3) is 33.4 Å². The molecule has 254 valence electrons. The molecule has 0 spiro atoms. The first-order valence-corrected chi connectivity index (χ1v) is 19.0. The number of nitrogens with zero attached hydrogens (tertiary/aromatic N) is 2. The van der Waals surface area contributed by atoms with Gasteiger partial charge in [0.15, 0.2) is 0 Å². The molecule has 53 heavy (non-hydrogen) atoms. The summed E-state index contributed by atoms with van der Waals surface area (Å²) in [6, 6.07) is 50.8. The van der Waals surface area contributed by atoms with E-state index in [0.717, 1.165) is 0 Å². The van der Waals surface area contributed by atoms with E-state index in [-0.39, 0.29) is 11.5 Å². The van der Waals surface area contributed by atoms with E-state index in [2.05, 4.69) is 206 Å². The van der Waals surface area contributed by atoms with Crippen LogP contribution < -0.4 is 9.80 Å². The summed E-state index contributed by atoms with van der Waals surface area (Å²) in [4.78, 5) is 5.06. The number of fused-ring (bicyclic) bond motifs is 9. The third-order valence-electron chi connectivity index (χ3n) is 12.5. The molecule has 4 atom stereocenters. The quantitative estimate of drug-likeness (QED) is 0.183. The van der Waals surface area contributed by atoms with Gasteiger partial charge in [0.1, 0.15) is 0 Å². The van der Waals surface area contributed by atoms with Gasteiger partial charge in [-0.3, -0.25) is 0 Å². The zero-order valence-corrected chi connectivity index (χ0v) is 30.0. The summed E-state index contributed by atoms with van der Waals surface area (Å²) in [7, 11) is 0. The van der Waals surface area contributed by atoms with Crippen LogP contribution in [0.2, 0.25) is 0 Å². The Kier molecular flexibility index (Phi) is 6.58. The molecule has 0 fully saturated rings. The van der Waals surface area contributed by atoms with Gasteiger partial charge in [-0.2, -0.15) is 0 Å². The predicted molar refractivity (Wildman–Crippen MR) is 222 cm³/mol. The fraction of sp³-hybridized carbons (Fsp3) is 0.137. The minimum Gasteiger partial charge on any atom is -0.333 e. The smallest absolute Gasteiger partial charge is 0.0629 e. The molecule has 2 heteroatoms. The van der Waals surface area contributed by atoms with Crippen molar-refractivity contribution in [3.8, 4) is 33.4 Å².